The summed E-state index contributed by atoms with van der Waals surface area (Å²) < 4.78 is 19.8. The van der Waals surface area contributed by atoms with E-state index in [1.54, 1.807) is 95.5 Å². The average Bonchev–Trinajstić information content (AvgIpc) is 0.775. The maximum atomic E-state index is 12.8. The lowest BCUT2D eigenvalue weighted by Crippen LogP contribution is -2.34. The fourth-order valence-corrected chi connectivity index (χ4v) is 15.0. The number of aliphatic hydroxyl groups excluding tert-OH is 1. The number of para-hydroxylation sites is 1. The first kappa shape index (κ1) is 53.8. The van der Waals surface area contributed by atoms with Crippen molar-refractivity contribution >= 4 is 181 Å². The molecular weight excluding hydrogens is 1170 g/mol. The van der Waals surface area contributed by atoms with Gasteiger partial charge in [-0.25, -0.2) is 28.8 Å². The standard InChI is InChI=1S/C20H13NO3S.C18H11NO3S.C18H8O3S.C12H5ClO3/c22-10-9-21-19(23)13-6-5-12-11-3-1-2-4-15(11)25-16-8-7-14(20(21)24)17(13)18(12)16;19-13-6-1-2-7-15(13)23-14-9-8-12-16-10(14)4-3-5-11(16)17(20)22-18(12)21;19-17-11-6-5-10-9-3-1-2-4-13(9)22-14-8-7-12(18(20)21-17)15(11)16(10)14;13-9-5-4-8-10-6(9)2-1-3-7(10)11(14)16-12(8)15/h1-8,22H,9-10H2;1-9H,19H2;1-8H;1-5H. The Hall–Kier alpha value is -10.1. The lowest BCUT2D eigenvalue weighted by Gasteiger charge is -2.17. The van der Waals surface area contributed by atoms with E-state index in [2.05, 4.69) is 29.0 Å². The van der Waals surface area contributed by atoms with Crippen LogP contribution in [-0.4, -0.2) is 40.2 Å². The summed E-state index contributed by atoms with van der Waals surface area (Å²) in [6.07, 6.45) is 0. The number of aliphatic hydroxyl groups is 1. The number of carbonyl (C=O) groups excluding carboxylic acids is 4. The third kappa shape index (κ3) is 8.74. The third-order valence-corrected chi connectivity index (χ3v) is 19.1. The molecule has 86 heavy (non-hydrogen) atoms. The van der Waals surface area contributed by atoms with E-state index in [0.717, 1.165) is 72.2 Å². The lowest BCUT2D eigenvalue weighted by atomic mass is 9.97. The Labute approximate surface area is 499 Å². The van der Waals surface area contributed by atoms with Gasteiger partial charge in [-0.15, -0.1) is 22.7 Å². The number of fused-ring (bicyclic) bond motifs is 4. The Kier molecular flexibility index (Phi) is 13.3. The molecule has 0 fully saturated rings. The summed E-state index contributed by atoms with van der Waals surface area (Å²) in [7, 11) is 0. The fraction of sp³-hybridized carbons (Fsp3) is 0.0294. The number of pyridine rings is 1. The molecule has 2 aliphatic rings. The number of halogens is 1. The van der Waals surface area contributed by atoms with Crippen molar-refractivity contribution in [3.05, 3.63) is 251 Å². The minimum absolute atomic E-state index is 0.0136. The molecule has 0 amide bonds. The summed E-state index contributed by atoms with van der Waals surface area (Å²) in [5.41, 5.74) is 6.50. The van der Waals surface area contributed by atoms with Crippen LogP contribution in [0.15, 0.2) is 215 Å². The minimum atomic E-state index is -0.620. The zero-order valence-electron chi connectivity index (χ0n) is 44.3. The molecule has 0 unspecified atom stereocenters. The summed E-state index contributed by atoms with van der Waals surface area (Å²) in [6.45, 7) is -0.227. The zero-order valence-corrected chi connectivity index (χ0v) is 47.5. The van der Waals surface area contributed by atoms with Crippen molar-refractivity contribution in [2.75, 3.05) is 12.3 Å². The van der Waals surface area contributed by atoms with Crippen molar-refractivity contribution in [1.82, 2.24) is 4.57 Å². The molecule has 6 heterocycles. The van der Waals surface area contributed by atoms with Gasteiger partial charge in [-0.05, 0) is 124 Å². The van der Waals surface area contributed by atoms with E-state index in [9.17, 15) is 43.5 Å². The number of hydrogen-bond acceptors (Lipinski definition) is 16. The van der Waals surface area contributed by atoms with Crippen molar-refractivity contribution < 1.29 is 38.2 Å². The van der Waals surface area contributed by atoms with Crippen LogP contribution >= 0.6 is 46.0 Å². The smallest absolute Gasteiger partial charge is 0.346 e. The number of cyclic esters (lactones) is 4. The zero-order chi connectivity index (χ0) is 59.2. The number of esters is 4. The van der Waals surface area contributed by atoms with Crippen molar-refractivity contribution in [2.45, 2.75) is 16.3 Å². The van der Waals surface area contributed by atoms with E-state index in [0.29, 0.717) is 70.7 Å². The van der Waals surface area contributed by atoms with Crippen LogP contribution in [0, 0.1) is 0 Å². The monoisotopic (exact) mass is 1200 g/mol. The topological polar surface area (TPSA) is 219 Å². The van der Waals surface area contributed by atoms with E-state index in [1.807, 2.05) is 84.9 Å². The second kappa shape index (κ2) is 21.2. The summed E-state index contributed by atoms with van der Waals surface area (Å²) in [6, 6.07) is 56.0. The number of nitrogens with zero attached hydrogens (tertiary/aromatic N) is 1. The van der Waals surface area contributed by atoms with Crippen LogP contribution < -0.4 is 28.1 Å². The van der Waals surface area contributed by atoms with Gasteiger partial charge in [0.25, 0.3) is 11.1 Å². The predicted octanol–water partition coefficient (Wildman–Crippen LogP) is 14.1. The van der Waals surface area contributed by atoms with Gasteiger partial charge in [0, 0.05) is 87.8 Å². The number of rotatable bonds is 4. The molecule has 11 aromatic carbocycles. The Balaban J connectivity index is 0.000000102. The number of nitrogen functional groups attached to an aromatic ring is 1. The number of carbonyl (C=O) groups is 4. The molecule has 18 heteroatoms. The Morgan fingerprint density at radius 3 is 1.41 bits per heavy atom. The van der Waals surface area contributed by atoms with Crippen LogP contribution in [-0.2, 0) is 16.0 Å². The second-order valence-corrected chi connectivity index (χ2v) is 23.7. The normalized spacial score (nSPS) is 12.7. The summed E-state index contributed by atoms with van der Waals surface area (Å²) >= 11 is 10.9. The molecule has 0 radical (unpaired) electrons. The van der Waals surface area contributed by atoms with Crippen LogP contribution in [0.5, 0.6) is 0 Å². The number of anilines is 1. The van der Waals surface area contributed by atoms with Gasteiger partial charge in [0.1, 0.15) is 0 Å². The molecule has 3 N–H and O–H groups in total. The number of ether oxygens (including phenoxy) is 2. The van der Waals surface area contributed by atoms with Gasteiger partial charge in [-0.3, -0.25) is 14.2 Å². The average molecular weight is 1210 g/mol. The van der Waals surface area contributed by atoms with E-state index in [4.69, 9.17) is 26.5 Å². The minimum Gasteiger partial charge on any atom is -0.398 e. The summed E-state index contributed by atoms with van der Waals surface area (Å²) in [5.74, 6) is -2.44. The first-order chi connectivity index (χ1) is 41.8. The molecule has 4 aromatic heterocycles. The quantitative estimate of drug-likeness (QED) is 0.0551. The number of aromatic nitrogens is 1. The van der Waals surface area contributed by atoms with Crippen molar-refractivity contribution in [2.24, 2.45) is 0 Å². The van der Waals surface area contributed by atoms with E-state index in [-0.39, 0.29) is 24.3 Å². The van der Waals surface area contributed by atoms with Crippen molar-refractivity contribution in [3.8, 4) is 0 Å². The van der Waals surface area contributed by atoms with Gasteiger partial charge in [-0.2, -0.15) is 0 Å². The molecular formula is C68H37ClN2O12S3. The van der Waals surface area contributed by atoms with E-state index >= 15 is 0 Å². The highest BCUT2D eigenvalue weighted by molar-refractivity contribution is 7.99. The molecule has 0 bridgehead atoms. The molecule has 0 saturated carbocycles. The molecule has 416 valence electrons. The van der Waals surface area contributed by atoms with Gasteiger partial charge in [0.2, 0.25) is 0 Å². The maximum Gasteiger partial charge on any atom is 0.346 e. The second-order valence-electron chi connectivity index (χ2n) is 20.1. The molecule has 0 spiro atoms. The van der Waals surface area contributed by atoms with Gasteiger partial charge in [-0.1, -0.05) is 108 Å². The summed E-state index contributed by atoms with van der Waals surface area (Å²) in [5, 5.41) is 22.3. The Morgan fingerprint density at radius 2 is 0.837 bits per heavy atom. The Bertz CT molecular complexity index is 5610. The van der Waals surface area contributed by atoms with E-state index in [1.165, 1.54) is 21.2 Å². The van der Waals surface area contributed by atoms with Crippen LogP contribution in [0.3, 0.4) is 0 Å². The number of hydrogen-bond donors (Lipinski definition) is 2. The molecule has 17 rings (SSSR count). The largest absolute Gasteiger partial charge is 0.398 e. The molecule has 14 nitrogen and oxygen atoms in total. The first-order valence-electron chi connectivity index (χ1n) is 26.6. The van der Waals surface area contributed by atoms with Crippen molar-refractivity contribution in [1.29, 1.82) is 0 Å². The third-order valence-electron chi connectivity index (χ3n) is 15.3. The SMILES string of the molecule is Nc1ccccc1Sc1ccc2c3c(cccc13)C(=O)OC2=O.O=C1OC(=O)c2ccc(Cl)c3cccc1c23.O=c1c2ccc3sc4ccccc4c4ccc(c(=O)n1CCO)c2c34.O=c1oc(=O)c2ccc3c4ccccc4sc4ccc1c2c43. The van der Waals surface area contributed by atoms with Gasteiger partial charge < -0.3 is 24.7 Å². The first-order valence-corrected chi connectivity index (χ1v) is 29.4. The fourth-order valence-electron chi connectivity index (χ4n) is 11.5. The number of nitrogens with two attached hydrogens (primary N) is 1. The summed E-state index contributed by atoms with van der Waals surface area (Å²) in [4.78, 5) is 98.3. The highest BCUT2D eigenvalue weighted by Gasteiger charge is 2.30. The van der Waals surface area contributed by atoms with Gasteiger partial charge >= 0.3 is 35.1 Å². The van der Waals surface area contributed by atoms with Gasteiger partial charge in [0.05, 0.1) is 46.2 Å². The highest BCUT2D eigenvalue weighted by atomic mass is 35.5. The maximum absolute atomic E-state index is 12.8. The Morgan fingerprint density at radius 1 is 0.395 bits per heavy atom. The molecule has 2 aliphatic heterocycles. The molecule has 0 saturated heterocycles. The van der Waals surface area contributed by atoms with Crippen LogP contribution in [0.1, 0.15) is 41.4 Å². The van der Waals surface area contributed by atoms with Crippen LogP contribution in [0.2, 0.25) is 5.02 Å². The molecule has 15 aromatic rings. The van der Waals surface area contributed by atoms with Crippen molar-refractivity contribution in [3.63, 3.8) is 0 Å². The van der Waals surface area contributed by atoms with Crippen LogP contribution in [0.25, 0.3) is 105 Å². The predicted molar refractivity (Wildman–Crippen MR) is 341 cm³/mol. The van der Waals surface area contributed by atoms with Gasteiger partial charge in [0.15, 0.2) is 0 Å². The van der Waals surface area contributed by atoms with Crippen LogP contribution in [0.4, 0.5) is 5.69 Å². The molecule has 0 aliphatic carbocycles. The van der Waals surface area contributed by atoms with E-state index < -0.39 is 35.1 Å². The lowest BCUT2D eigenvalue weighted by molar-refractivity contribution is 0.0373. The number of benzene rings is 11. The highest BCUT2D eigenvalue weighted by Crippen LogP contribution is 2.43. The molecule has 0 atom stereocenters.